The van der Waals surface area contributed by atoms with E-state index in [1.54, 1.807) is 0 Å². The van der Waals surface area contributed by atoms with Crippen LogP contribution >= 0.6 is 0 Å². The Morgan fingerprint density at radius 3 is 2.40 bits per heavy atom. The zero-order valence-electron chi connectivity index (χ0n) is 9.78. The molecule has 2 unspecified atom stereocenters. The summed E-state index contributed by atoms with van der Waals surface area (Å²) in [6.07, 6.45) is 5.29. The summed E-state index contributed by atoms with van der Waals surface area (Å²) in [5, 5.41) is 9.58. The van der Waals surface area contributed by atoms with Crippen molar-refractivity contribution in [2.24, 2.45) is 5.92 Å². The van der Waals surface area contributed by atoms with Crippen LogP contribution in [0.1, 0.15) is 39.0 Å². The van der Waals surface area contributed by atoms with Gasteiger partial charge in [-0.15, -0.1) is 0 Å². The van der Waals surface area contributed by atoms with E-state index in [0.717, 1.165) is 38.9 Å². The van der Waals surface area contributed by atoms with Gasteiger partial charge in [0, 0.05) is 13.2 Å². The number of rotatable bonds is 8. The van der Waals surface area contributed by atoms with Gasteiger partial charge in [0.15, 0.2) is 0 Å². The van der Waals surface area contributed by atoms with Gasteiger partial charge in [0.2, 0.25) is 0 Å². The van der Waals surface area contributed by atoms with Gasteiger partial charge in [-0.3, -0.25) is 0 Å². The lowest BCUT2D eigenvalue weighted by molar-refractivity contribution is 0.0347. The number of hydrogen-bond acceptors (Lipinski definition) is 3. The standard InChI is InChI=1S/C12H24O3/c1-2-7-14-9-10-15-8-6-11-4-3-5-12(11)13/h11-13H,2-10H2,1H3. The van der Waals surface area contributed by atoms with Crippen LogP contribution in [0.3, 0.4) is 0 Å². The lowest BCUT2D eigenvalue weighted by Gasteiger charge is -2.13. The molecule has 0 amide bonds. The van der Waals surface area contributed by atoms with Crippen LogP contribution in [0.4, 0.5) is 0 Å². The summed E-state index contributed by atoms with van der Waals surface area (Å²) in [4.78, 5) is 0. The van der Waals surface area contributed by atoms with Crippen LogP contribution in [-0.4, -0.2) is 37.6 Å². The average molecular weight is 216 g/mol. The van der Waals surface area contributed by atoms with Crippen LogP contribution in [0.15, 0.2) is 0 Å². The molecule has 0 aromatic carbocycles. The van der Waals surface area contributed by atoms with Crippen molar-refractivity contribution in [2.45, 2.75) is 45.1 Å². The molecule has 0 bridgehead atoms. The van der Waals surface area contributed by atoms with Crippen molar-refractivity contribution in [3.63, 3.8) is 0 Å². The Kier molecular flexibility index (Phi) is 6.98. The molecule has 1 N–H and O–H groups in total. The highest BCUT2D eigenvalue weighted by molar-refractivity contribution is 4.76. The molecule has 1 fully saturated rings. The molecule has 1 aliphatic carbocycles. The molecular weight excluding hydrogens is 192 g/mol. The minimum Gasteiger partial charge on any atom is -0.393 e. The van der Waals surface area contributed by atoms with Gasteiger partial charge in [-0.25, -0.2) is 0 Å². The Bertz CT molecular complexity index is 150. The molecule has 15 heavy (non-hydrogen) atoms. The van der Waals surface area contributed by atoms with Crippen molar-refractivity contribution in [3.8, 4) is 0 Å². The van der Waals surface area contributed by atoms with Crippen molar-refractivity contribution in [1.29, 1.82) is 0 Å². The number of aliphatic hydroxyl groups is 1. The third-order valence-corrected chi connectivity index (χ3v) is 2.97. The first-order valence-electron chi connectivity index (χ1n) is 6.18. The van der Waals surface area contributed by atoms with Crippen LogP contribution in [0.5, 0.6) is 0 Å². The van der Waals surface area contributed by atoms with Gasteiger partial charge in [-0.05, 0) is 31.6 Å². The second-order valence-electron chi connectivity index (χ2n) is 4.27. The first-order valence-corrected chi connectivity index (χ1v) is 6.18. The Morgan fingerprint density at radius 2 is 1.80 bits per heavy atom. The quantitative estimate of drug-likeness (QED) is 0.631. The van der Waals surface area contributed by atoms with Gasteiger partial charge in [0.1, 0.15) is 0 Å². The number of ether oxygens (including phenoxy) is 2. The molecule has 0 aliphatic heterocycles. The first kappa shape index (κ1) is 12.9. The van der Waals surface area contributed by atoms with E-state index in [0.29, 0.717) is 19.1 Å². The predicted octanol–water partition coefficient (Wildman–Crippen LogP) is 1.98. The van der Waals surface area contributed by atoms with Crippen molar-refractivity contribution in [1.82, 2.24) is 0 Å². The SMILES string of the molecule is CCCOCCOCCC1CCCC1O. The highest BCUT2D eigenvalue weighted by atomic mass is 16.5. The molecule has 1 saturated carbocycles. The second kappa shape index (κ2) is 8.08. The van der Waals surface area contributed by atoms with Crippen LogP contribution in [0.2, 0.25) is 0 Å². The van der Waals surface area contributed by atoms with Crippen molar-refractivity contribution >= 4 is 0 Å². The van der Waals surface area contributed by atoms with E-state index in [-0.39, 0.29) is 6.10 Å². The molecule has 0 aromatic rings. The van der Waals surface area contributed by atoms with Crippen LogP contribution in [0.25, 0.3) is 0 Å². The van der Waals surface area contributed by atoms with Crippen molar-refractivity contribution in [3.05, 3.63) is 0 Å². The van der Waals surface area contributed by atoms with Gasteiger partial charge in [-0.2, -0.15) is 0 Å². The Labute approximate surface area is 92.8 Å². The van der Waals surface area contributed by atoms with Gasteiger partial charge < -0.3 is 14.6 Å². The van der Waals surface area contributed by atoms with Crippen LogP contribution in [-0.2, 0) is 9.47 Å². The highest BCUT2D eigenvalue weighted by Gasteiger charge is 2.24. The highest BCUT2D eigenvalue weighted by Crippen LogP contribution is 2.27. The second-order valence-corrected chi connectivity index (χ2v) is 4.27. The molecule has 1 aliphatic rings. The van der Waals surface area contributed by atoms with Crippen LogP contribution in [0, 0.1) is 5.92 Å². The molecule has 0 aromatic heterocycles. The van der Waals surface area contributed by atoms with E-state index in [2.05, 4.69) is 6.92 Å². The summed E-state index contributed by atoms with van der Waals surface area (Å²) in [6, 6.07) is 0. The third-order valence-electron chi connectivity index (χ3n) is 2.97. The zero-order chi connectivity index (χ0) is 10.9. The molecule has 0 heterocycles. The van der Waals surface area contributed by atoms with E-state index < -0.39 is 0 Å². The fraction of sp³-hybridized carbons (Fsp3) is 1.00. The third kappa shape index (κ3) is 5.50. The molecule has 0 saturated heterocycles. The maximum atomic E-state index is 9.58. The summed E-state index contributed by atoms with van der Waals surface area (Å²) < 4.78 is 10.8. The molecule has 3 nitrogen and oxygen atoms in total. The van der Waals surface area contributed by atoms with E-state index >= 15 is 0 Å². The average Bonchev–Trinajstić information content (AvgIpc) is 2.63. The molecule has 0 radical (unpaired) electrons. The summed E-state index contributed by atoms with van der Waals surface area (Å²) in [6.45, 7) is 5.06. The van der Waals surface area contributed by atoms with E-state index in [4.69, 9.17) is 9.47 Å². The summed E-state index contributed by atoms with van der Waals surface area (Å²) in [5.74, 6) is 0.474. The molecule has 2 atom stereocenters. The first-order chi connectivity index (χ1) is 7.34. The van der Waals surface area contributed by atoms with E-state index in [1.165, 1.54) is 6.42 Å². The Balaban J connectivity index is 1.84. The maximum absolute atomic E-state index is 9.58. The molecule has 90 valence electrons. The van der Waals surface area contributed by atoms with Gasteiger partial charge in [0.05, 0.1) is 19.3 Å². The molecule has 1 rings (SSSR count). The van der Waals surface area contributed by atoms with E-state index in [9.17, 15) is 5.11 Å². The van der Waals surface area contributed by atoms with Gasteiger partial charge in [-0.1, -0.05) is 13.3 Å². The smallest absolute Gasteiger partial charge is 0.0700 e. The van der Waals surface area contributed by atoms with Gasteiger partial charge in [0.25, 0.3) is 0 Å². The number of hydrogen-bond donors (Lipinski definition) is 1. The van der Waals surface area contributed by atoms with Crippen LogP contribution < -0.4 is 0 Å². The lowest BCUT2D eigenvalue weighted by Crippen LogP contribution is -2.16. The summed E-state index contributed by atoms with van der Waals surface area (Å²) in [5.41, 5.74) is 0. The molecule has 0 spiro atoms. The van der Waals surface area contributed by atoms with Crippen molar-refractivity contribution in [2.75, 3.05) is 26.4 Å². The summed E-state index contributed by atoms with van der Waals surface area (Å²) >= 11 is 0. The summed E-state index contributed by atoms with van der Waals surface area (Å²) in [7, 11) is 0. The number of aliphatic hydroxyl groups excluding tert-OH is 1. The fourth-order valence-electron chi connectivity index (χ4n) is 2.06. The molecule has 3 heteroatoms. The minimum atomic E-state index is -0.0788. The Morgan fingerprint density at radius 1 is 1.07 bits per heavy atom. The Hall–Kier alpha value is -0.120. The lowest BCUT2D eigenvalue weighted by atomic mass is 10.0. The fourth-order valence-corrected chi connectivity index (χ4v) is 2.06. The van der Waals surface area contributed by atoms with Gasteiger partial charge >= 0.3 is 0 Å². The largest absolute Gasteiger partial charge is 0.393 e. The maximum Gasteiger partial charge on any atom is 0.0700 e. The van der Waals surface area contributed by atoms with E-state index in [1.807, 2.05) is 0 Å². The molecular formula is C12H24O3. The predicted molar refractivity (Wildman–Crippen MR) is 59.9 cm³/mol. The normalized spacial score (nSPS) is 26.0. The minimum absolute atomic E-state index is 0.0788. The topological polar surface area (TPSA) is 38.7 Å². The zero-order valence-corrected chi connectivity index (χ0v) is 9.78. The monoisotopic (exact) mass is 216 g/mol. The van der Waals surface area contributed by atoms with Crippen molar-refractivity contribution < 1.29 is 14.6 Å².